The molecule has 24 heavy (non-hydrogen) atoms. The maximum absolute atomic E-state index is 12.4. The second-order valence-electron chi connectivity index (χ2n) is 7.34. The molecular formula is C17H28N4O3. The molecule has 1 aromatic rings. The smallest absolute Gasteiger partial charge is 0.355 e. The molecule has 7 nitrogen and oxygen atoms in total. The molecule has 2 fully saturated rings. The van der Waals surface area contributed by atoms with Crippen molar-refractivity contribution in [2.75, 3.05) is 5.32 Å². The van der Waals surface area contributed by atoms with Gasteiger partial charge in [-0.15, -0.1) is 0 Å². The van der Waals surface area contributed by atoms with Crippen molar-refractivity contribution in [2.45, 2.75) is 82.9 Å². The van der Waals surface area contributed by atoms with Crippen LogP contribution in [0, 0.1) is 5.92 Å². The zero-order valence-electron chi connectivity index (χ0n) is 14.3. The number of hydrogen-bond donors (Lipinski definition) is 3. The largest absolute Gasteiger partial charge is 0.393 e. The van der Waals surface area contributed by atoms with E-state index in [9.17, 15) is 14.7 Å². The first kappa shape index (κ1) is 17.2. The molecule has 0 aromatic carbocycles. The van der Waals surface area contributed by atoms with Crippen LogP contribution in [0.5, 0.6) is 0 Å². The molecule has 0 amide bonds. The fourth-order valence-corrected chi connectivity index (χ4v) is 4.10. The minimum atomic E-state index is -0.501. The molecule has 0 bridgehead atoms. The van der Waals surface area contributed by atoms with Gasteiger partial charge >= 0.3 is 11.4 Å². The average molecular weight is 336 g/mol. The molecule has 0 unspecified atom stereocenters. The number of rotatable bonds is 4. The zero-order valence-corrected chi connectivity index (χ0v) is 14.3. The van der Waals surface area contributed by atoms with Crippen molar-refractivity contribution in [1.29, 1.82) is 0 Å². The quantitative estimate of drug-likeness (QED) is 0.778. The minimum Gasteiger partial charge on any atom is -0.393 e. The maximum Gasteiger partial charge on any atom is 0.355 e. The zero-order chi connectivity index (χ0) is 17.1. The summed E-state index contributed by atoms with van der Waals surface area (Å²) in [6.07, 6.45) is 8.34. The number of aliphatic hydroxyl groups excluding tert-OH is 1. The highest BCUT2D eigenvalue weighted by Crippen LogP contribution is 2.28. The first-order valence-electron chi connectivity index (χ1n) is 9.22. The van der Waals surface area contributed by atoms with Gasteiger partial charge in [0.15, 0.2) is 0 Å². The minimum absolute atomic E-state index is 0.165. The van der Waals surface area contributed by atoms with Gasteiger partial charge in [-0.25, -0.2) is 14.2 Å². The Hall–Kier alpha value is -1.63. The average Bonchev–Trinajstić information content (AvgIpc) is 2.57. The SMILES string of the molecule is C[C@H](Nc1nc(=O)n(C2CCC(O)CC2)c(=O)[nH]1)C1CCCCC1. The van der Waals surface area contributed by atoms with Gasteiger partial charge in [0.2, 0.25) is 5.95 Å². The Balaban J connectivity index is 1.72. The van der Waals surface area contributed by atoms with Gasteiger partial charge in [-0.3, -0.25) is 4.98 Å². The van der Waals surface area contributed by atoms with E-state index in [2.05, 4.69) is 22.2 Å². The highest BCUT2D eigenvalue weighted by atomic mass is 16.3. The van der Waals surface area contributed by atoms with E-state index < -0.39 is 11.4 Å². The van der Waals surface area contributed by atoms with Crippen LogP contribution in [-0.2, 0) is 0 Å². The highest BCUT2D eigenvalue weighted by Gasteiger charge is 2.25. The fraction of sp³-hybridized carbons (Fsp3) is 0.824. The number of H-pyrrole nitrogens is 1. The van der Waals surface area contributed by atoms with Gasteiger partial charge in [-0.1, -0.05) is 19.3 Å². The van der Waals surface area contributed by atoms with Crippen molar-refractivity contribution < 1.29 is 5.11 Å². The predicted molar refractivity (Wildman–Crippen MR) is 92.3 cm³/mol. The second kappa shape index (κ2) is 7.51. The molecular weight excluding hydrogens is 308 g/mol. The van der Waals surface area contributed by atoms with E-state index in [1.54, 1.807) is 0 Å². The van der Waals surface area contributed by atoms with Crippen LogP contribution in [0.4, 0.5) is 5.95 Å². The molecule has 1 atom stereocenters. The van der Waals surface area contributed by atoms with Gasteiger partial charge in [-0.05, 0) is 51.4 Å². The molecule has 0 saturated heterocycles. The molecule has 0 aliphatic heterocycles. The lowest BCUT2D eigenvalue weighted by atomic mass is 9.85. The molecule has 0 radical (unpaired) electrons. The Morgan fingerprint density at radius 3 is 2.42 bits per heavy atom. The highest BCUT2D eigenvalue weighted by molar-refractivity contribution is 5.23. The van der Waals surface area contributed by atoms with Crippen molar-refractivity contribution in [3.8, 4) is 0 Å². The van der Waals surface area contributed by atoms with Crippen molar-refractivity contribution >= 4 is 5.95 Å². The van der Waals surface area contributed by atoms with Crippen LogP contribution in [-0.4, -0.2) is 31.8 Å². The first-order valence-corrected chi connectivity index (χ1v) is 9.22. The van der Waals surface area contributed by atoms with E-state index in [1.807, 2.05) is 0 Å². The van der Waals surface area contributed by atoms with Gasteiger partial charge in [0.1, 0.15) is 0 Å². The molecule has 3 N–H and O–H groups in total. The number of aromatic amines is 1. The number of anilines is 1. The van der Waals surface area contributed by atoms with Crippen molar-refractivity contribution in [3.05, 3.63) is 21.0 Å². The Bertz CT molecular complexity index is 623. The van der Waals surface area contributed by atoms with E-state index in [-0.39, 0.29) is 24.1 Å². The number of nitrogens with one attached hydrogen (secondary N) is 2. The van der Waals surface area contributed by atoms with Crippen LogP contribution in [0.15, 0.2) is 9.59 Å². The molecule has 134 valence electrons. The summed E-state index contributed by atoms with van der Waals surface area (Å²) in [7, 11) is 0. The van der Waals surface area contributed by atoms with Gasteiger partial charge in [0, 0.05) is 12.1 Å². The molecule has 2 aliphatic rings. The third kappa shape index (κ3) is 3.88. The molecule has 2 aliphatic carbocycles. The molecule has 1 heterocycles. The van der Waals surface area contributed by atoms with Gasteiger partial charge < -0.3 is 10.4 Å². The summed E-state index contributed by atoms with van der Waals surface area (Å²) in [5.41, 5.74) is -0.909. The van der Waals surface area contributed by atoms with Crippen molar-refractivity contribution in [1.82, 2.24) is 14.5 Å². The third-order valence-electron chi connectivity index (χ3n) is 5.61. The standard InChI is InChI=1S/C17H28N4O3/c1-11(12-5-3-2-4-6-12)18-15-19-16(23)21(17(24)20-15)13-7-9-14(22)10-8-13/h11-14,22H,2-10H2,1H3,(H2,18,19,20,23,24)/t11-,13?,14?/m0/s1. The van der Waals surface area contributed by atoms with Gasteiger partial charge in [0.05, 0.1) is 6.10 Å². The molecule has 0 spiro atoms. The first-order chi connectivity index (χ1) is 11.5. The summed E-state index contributed by atoms with van der Waals surface area (Å²) in [6, 6.07) is 0.0236. The Kier molecular flexibility index (Phi) is 5.38. The number of aliphatic hydroxyl groups is 1. The van der Waals surface area contributed by atoms with Crippen LogP contribution >= 0.6 is 0 Å². The van der Waals surface area contributed by atoms with Crippen LogP contribution in [0.25, 0.3) is 0 Å². The lowest BCUT2D eigenvalue weighted by molar-refractivity contribution is 0.108. The van der Waals surface area contributed by atoms with Crippen molar-refractivity contribution in [3.63, 3.8) is 0 Å². The molecule has 7 heteroatoms. The Morgan fingerprint density at radius 1 is 1.12 bits per heavy atom. The van der Waals surface area contributed by atoms with E-state index in [1.165, 1.54) is 36.7 Å². The van der Waals surface area contributed by atoms with Crippen LogP contribution in [0.1, 0.15) is 70.8 Å². The Morgan fingerprint density at radius 2 is 1.79 bits per heavy atom. The maximum atomic E-state index is 12.4. The summed E-state index contributed by atoms with van der Waals surface area (Å²) in [5.74, 6) is 0.835. The van der Waals surface area contributed by atoms with Crippen molar-refractivity contribution in [2.24, 2.45) is 5.92 Å². The lowest BCUT2D eigenvalue weighted by Gasteiger charge is -2.28. The summed E-state index contributed by atoms with van der Waals surface area (Å²) < 4.78 is 1.21. The monoisotopic (exact) mass is 336 g/mol. The topological polar surface area (TPSA) is 100 Å². The van der Waals surface area contributed by atoms with Crippen LogP contribution in [0.2, 0.25) is 0 Å². The molecule has 1 aromatic heterocycles. The molecule has 2 saturated carbocycles. The second-order valence-corrected chi connectivity index (χ2v) is 7.34. The predicted octanol–water partition coefficient (Wildman–Crippen LogP) is 1.79. The fourth-order valence-electron chi connectivity index (χ4n) is 4.10. The van der Waals surface area contributed by atoms with Crippen LogP contribution in [0.3, 0.4) is 0 Å². The van der Waals surface area contributed by atoms with E-state index in [4.69, 9.17) is 0 Å². The number of aromatic nitrogens is 3. The summed E-state index contributed by atoms with van der Waals surface area (Å²) in [5, 5.41) is 12.8. The lowest BCUT2D eigenvalue weighted by Crippen LogP contribution is -2.42. The van der Waals surface area contributed by atoms with Crippen LogP contribution < -0.4 is 16.7 Å². The third-order valence-corrected chi connectivity index (χ3v) is 5.61. The van der Waals surface area contributed by atoms with E-state index >= 15 is 0 Å². The summed E-state index contributed by atoms with van der Waals surface area (Å²) >= 11 is 0. The van der Waals surface area contributed by atoms with Gasteiger partial charge in [-0.2, -0.15) is 4.98 Å². The summed E-state index contributed by atoms with van der Waals surface area (Å²) in [6.45, 7) is 2.09. The number of hydrogen-bond acceptors (Lipinski definition) is 5. The molecule has 3 rings (SSSR count). The Labute approximate surface area is 141 Å². The normalized spacial score (nSPS) is 26.9. The van der Waals surface area contributed by atoms with E-state index in [0.29, 0.717) is 31.6 Å². The van der Waals surface area contributed by atoms with E-state index in [0.717, 1.165) is 0 Å². The number of nitrogens with zero attached hydrogens (tertiary/aromatic N) is 2. The van der Waals surface area contributed by atoms with Gasteiger partial charge in [0.25, 0.3) is 0 Å². The summed E-state index contributed by atoms with van der Waals surface area (Å²) in [4.78, 5) is 31.5.